The first-order chi connectivity index (χ1) is 8.08. The van der Waals surface area contributed by atoms with Gasteiger partial charge in [-0.25, -0.2) is 0 Å². The Hall–Kier alpha value is -0.570. The Kier molecular flexibility index (Phi) is 4.82. The predicted molar refractivity (Wildman–Crippen MR) is 74.5 cm³/mol. The van der Waals surface area contributed by atoms with Crippen LogP contribution in [0.4, 0.5) is 0 Å². The monoisotopic (exact) mass is 255 g/mol. The van der Waals surface area contributed by atoms with Crippen LogP contribution in [0.2, 0.25) is 0 Å². The van der Waals surface area contributed by atoms with Crippen LogP contribution in [0.3, 0.4) is 0 Å². The highest BCUT2D eigenvalue weighted by Gasteiger charge is 2.34. The SMILES string of the molecule is CC(C)(C)CCN1CCC[C@H]1C(=O)OC(C)(C)C. The zero-order valence-corrected chi connectivity index (χ0v) is 12.9. The molecule has 0 radical (unpaired) electrons. The zero-order chi connectivity index (χ0) is 14.0. The maximum absolute atomic E-state index is 12.1. The molecule has 0 aromatic rings. The first kappa shape index (κ1) is 15.5. The molecule has 1 saturated heterocycles. The first-order valence-corrected chi connectivity index (χ1v) is 7.05. The number of hydrogen-bond acceptors (Lipinski definition) is 3. The van der Waals surface area contributed by atoms with Crippen molar-refractivity contribution < 1.29 is 9.53 Å². The molecule has 0 N–H and O–H groups in total. The van der Waals surface area contributed by atoms with Crippen LogP contribution in [-0.4, -0.2) is 35.6 Å². The Balaban J connectivity index is 2.51. The summed E-state index contributed by atoms with van der Waals surface area (Å²) < 4.78 is 5.50. The molecule has 0 spiro atoms. The number of nitrogens with zero attached hydrogens (tertiary/aromatic N) is 1. The molecule has 106 valence electrons. The summed E-state index contributed by atoms with van der Waals surface area (Å²) in [4.78, 5) is 14.4. The molecule has 3 nitrogen and oxygen atoms in total. The third-order valence-corrected chi connectivity index (χ3v) is 3.19. The van der Waals surface area contributed by atoms with E-state index in [1.54, 1.807) is 0 Å². The van der Waals surface area contributed by atoms with Crippen molar-refractivity contribution >= 4 is 5.97 Å². The normalized spacial score (nSPS) is 22.2. The Bertz CT molecular complexity index is 286. The molecule has 3 heteroatoms. The van der Waals surface area contributed by atoms with Crippen molar-refractivity contribution in [2.45, 2.75) is 72.4 Å². The van der Waals surface area contributed by atoms with Gasteiger partial charge in [0.15, 0.2) is 0 Å². The maximum atomic E-state index is 12.1. The molecule has 0 saturated carbocycles. The smallest absolute Gasteiger partial charge is 0.323 e. The number of carbonyl (C=O) groups excluding carboxylic acids is 1. The largest absolute Gasteiger partial charge is 0.459 e. The zero-order valence-electron chi connectivity index (χ0n) is 12.9. The van der Waals surface area contributed by atoms with Gasteiger partial charge in [0.1, 0.15) is 11.6 Å². The molecule has 1 atom stereocenters. The highest BCUT2D eigenvalue weighted by molar-refractivity contribution is 5.76. The first-order valence-electron chi connectivity index (χ1n) is 7.05. The lowest BCUT2D eigenvalue weighted by molar-refractivity contribution is -0.160. The second-order valence-corrected chi connectivity index (χ2v) is 7.54. The summed E-state index contributed by atoms with van der Waals surface area (Å²) in [6.45, 7) is 14.5. The van der Waals surface area contributed by atoms with E-state index in [2.05, 4.69) is 25.7 Å². The van der Waals surface area contributed by atoms with Gasteiger partial charge in [-0.3, -0.25) is 9.69 Å². The third-order valence-electron chi connectivity index (χ3n) is 3.19. The average Bonchev–Trinajstić information content (AvgIpc) is 2.58. The van der Waals surface area contributed by atoms with E-state index < -0.39 is 0 Å². The minimum Gasteiger partial charge on any atom is -0.459 e. The van der Waals surface area contributed by atoms with Gasteiger partial charge >= 0.3 is 5.97 Å². The van der Waals surface area contributed by atoms with Gasteiger partial charge in [0.05, 0.1) is 0 Å². The van der Waals surface area contributed by atoms with Crippen LogP contribution in [0.25, 0.3) is 0 Å². The molecular weight excluding hydrogens is 226 g/mol. The summed E-state index contributed by atoms with van der Waals surface area (Å²) in [6.07, 6.45) is 3.17. The number of carbonyl (C=O) groups is 1. The highest BCUT2D eigenvalue weighted by Crippen LogP contribution is 2.25. The van der Waals surface area contributed by atoms with Crippen molar-refractivity contribution in [1.29, 1.82) is 0 Å². The van der Waals surface area contributed by atoms with Gasteiger partial charge in [-0.2, -0.15) is 0 Å². The molecule has 1 rings (SSSR count). The van der Waals surface area contributed by atoms with Crippen LogP contribution >= 0.6 is 0 Å². The van der Waals surface area contributed by atoms with Gasteiger partial charge in [0.2, 0.25) is 0 Å². The van der Waals surface area contributed by atoms with E-state index in [4.69, 9.17) is 4.74 Å². The molecule has 0 aromatic carbocycles. The average molecular weight is 255 g/mol. The van der Waals surface area contributed by atoms with E-state index in [-0.39, 0.29) is 17.6 Å². The minimum atomic E-state index is -0.380. The maximum Gasteiger partial charge on any atom is 0.323 e. The third kappa shape index (κ3) is 5.38. The predicted octanol–water partition coefficient (Wildman–Crippen LogP) is 3.23. The molecule has 0 aromatic heterocycles. The topological polar surface area (TPSA) is 29.5 Å². The Labute approximate surface area is 112 Å². The van der Waals surface area contributed by atoms with Crippen molar-refractivity contribution in [3.63, 3.8) is 0 Å². The lowest BCUT2D eigenvalue weighted by Crippen LogP contribution is -2.41. The van der Waals surface area contributed by atoms with E-state index in [1.807, 2.05) is 20.8 Å². The molecule has 1 aliphatic heterocycles. The molecule has 18 heavy (non-hydrogen) atoms. The fourth-order valence-electron chi connectivity index (χ4n) is 2.21. The van der Waals surface area contributed by atoms with E-state index in [0.29, 0.717) is 5.41 Å². The van der Waals surface area contributed by atoms with Gasteiger partial charge in [-0.05, 0) is 58.5 Å². The molecule has 0 bridgehead atoms. The van der Waals surface area contributed by atoms with E-state index in [9.17, 15) is 4.79 Å². The minimum absolute atomic E-state index is 0.0217. The van der Waals surface area contributed by atoms with Gasteiger partial charge in [-0.15, -0.1) is 0 Å². The van der Waals surface area contributed by atoms with Crippen molar-refractivity contribution in [1.82, 2.24) is 4.90 Å². The Morgan fingerprint density at radius 1 is 1.22 bits per heavy atom. The quantitative estimate of drug-likeness (QED) is 0.725. The van der Waals surface area contributed by atoms with Crippen LogP contribution in [0.1, 0.15) is 60.8 Å². The number of hydrogen-bond donors (Lipinski definition) is 0. The van der Waals surface area contributed by atoms with Crippen LogP contribution in [-0.2, 0) is 9.53 Å². The number of ether oxygens (including phenoxy) is 1. The molecule has 1 heterocycles. The second-order valence-electron chi connectivity index (χ2n) is 7.54. The Morgan fingerprint density at radius 2 is 1.83 bits per heavy atom. The van der Waals surface area contributed by atoms with Crippen molar-refractivity contribution in [2.24, 2.45) is 5.41 Å². The molecule has 0 unspecified atom stereocenters. The van der Waals surface area contributed by atoms with Gasteiger partial charge in [0.25, 0.3) is 0 Å². The molecule has 0 aliphatic carbocycles. The summed E-state index contributed by atoms with van der Waals surface area (Å²) in [5.74, 6) is -0.0473. The summed E-state index contributed by atoms with van der Waals surface area (Å²) in [6, 6.07) is -0.0217. The fourth-order valence-corrected chi connectivity index (χ4v) is 2.21. The van der Waals surface area contributed by atoms with Crippen molar-refractivity contribution in [3.05, 3.63) is 0 Å². The van der Waals surface area contributed by atoms with E-state index >= 15 is 0 Å². The van der Waals surface area contributed by atoms with Gasteiger partial charge < -0.3 is 4.74 Å². The van der Waals surface area contributed by atoms with Crippen molar-refractivity contribution in [2.75, 3.05) is 13.1 Å². The van der Waals surface area contributed by atoms with E-state index in [1.165, 1.54) is 0 Å². The van der Waals surface area contributed by atoms with Crippen LogP contribution < -0.4 is 0 Å². The van der Waals surface area contributed by atoms with Crippen LogP contribution in [0, 0.1) is 5.41 Å². The molecule has 1 aliphatic rings. The fraction of sp³-hybridized carbons (Fsp3) is 0.933. The van der Waals surface area contributed by atoms with E-state index in [0.717, 1.165) is 32.4 Å². The molecular formula is C15H29NO2. The molecule has 0 amide bonds. The summed E-state index contributed by atoms with van der Waals surface area (Å²) in [5, 5.41) is 0. The highest BCUT2D eigenvalue weighted by atomic mass is 16.6. The van der Waals surface area contributed by atoms with Gasteiger partial charge in [0, 0.05) is 0 Å². The van der Waals surface area contributed by atoms with Gasteiger partial charge in [-0.1, -0.05) is 20.8 Å². The standard InChI is InChI=1S/C15H29NO2/c1-14(2,3)9-11-16-10-7-8-12(16)13(17)18-15(4,5)6/h12H,7-11H2,1-6H3/t12-/m0/s1. The van der Waals surface area contributed by atoms with Crippen LogP contribution in [0.5, 0.6) is 0 Å². The summed E-state index contributed by atoms with van der Waals surface area (Å²) >= 11 is 0. The summed E-state index contributed by atoms with van der Waals surface area (Å²) in [7, 11) is 0. The molecule has 1 fully saturated rings. The Morgan fingerprint density at radius 3 is 2.33 bits per heavy atom. The number of esters is 1. The second kappa shape index (κ2) is 5.60. The number of likely N-dealkylation sites (tertiary alicyclic amines) is 1. The van der Waals surface area contributed by atoms with Crippen molar-refractivity contribution in [3.8, 4) is 0 Å². The lowest BCUT2D eigenvalue weighted by Gasteiger charge is -2.29. The number of rotatable bonds is 3. The van der Waals surface area contributed by atoms with Crippen LogP contribution in [0.15, 0.2) is 0 Å². The summed E-state index contributed by atoms with van der Waals surface area (Å²) in [5.41, 5.74) is -0.0591. The lowest BCUT2D eigenvalue weighted by atomic mass is 9.92.